The van der Waals surface area contributed by atoms with Crippen molar-refractivity contribution in [2.75, 3.05) is 31.1 Å². The molecule has 0 atom stereocenters. The maximum absolute atomic E-state index is 12.5. The van der Waals surface area contributed by atoms with E-state index in [1.807, 2.05) is 6.07 Å². The Morgan fingerprint density at radius 1 is 1.11 bits per heavy atom. The van der Waals surface area contributed by atoms with Crippen LogP contribution in [0.15, 0.2) is 30.3 Å². The fraction of sp³-hybridized carbons (Fsp3) is 0.591. The lowest BCUT2D eigenvalue weighted by Crippen LogP contribution is -2.52. The summed E-state index contributed by atoms with van der Waals surface area (Å²) >= 11 is 1.73. The van der Waals surface area contributed by atoms with Crippen LogP contribution in [0.5, 0.6) is 0 Å². The van der Waals surface area contributed by atoms with E-state index in [-0.39, 0.29) is 5.41 Å². The molecular weight excluding hydrogens is 368 g/mol. The third kappa shape index (κ3) is 4.22. The van der Waals surface area contributed by atoms with Crippen LogP contribution in [-0.2, 0) is 11.2 Å². The number of likely N-dealkylation sites (tertiary alicyclic amines) is 1. The summed E-state index contributed by atoms with van der Waals surface area (Å²) in [5.41, 5.74) is 1.59. The van der Waals surface area contributed by atoms with Gasteiger partial charge in [0.25, 0.3) is 0 Å². The van der Waals surface area contributed by atoms with Crippen LogP contribution in [0.3, 0.4) is 0 Å². The van der Waals surface area contributed by atoms with Gasteiger partial charge in [0.1, 0.15) is 5.01 Å². The standard InChI is InChI=1S/C22H30N4OS/c1-17(2)20-23-24-21(28-20)25-14-11-22(12-15-25)10-8-19(27)26(16-22)13-9-18-6-4-3-5-7-18/h3-7,17H,8-16H2,1-2H3. The minimum absolute atomic E-state index is 0.284. The third-order valence-corrected chi connectivity index (χ3v) is 7.56. The average molecular weight is 399 g/mol. The van der Waals surface area contributed by atoms with E-state index >= 15 is 0 Å². The number of hydrogen-bond acceptors (Lipinski definition) is 5. The molecular formula is C22H30N4OS. The molecule has 2 aromatic rings. The first-order valence-corrected chi connectivity index (χ1v) is 11.3. The van der Waals surface area contributed by atoms with Crippen LogP contribution >= 0.6 is 11.3 Å². The minimum atomic E-state index is 0.284. The van der Waals surface area contributed by atoms with Crippen molar-refractivity contribution < 1.29 is 4.79 Å². The van der Waals surface area contributed by atoms with Gasteiger partial charge in [0.15, 0.2) is 0 Å². The molecule has 0 bridgehead atoms. The molecule has 2 saturated heterocycles. The Bertz CT molecular complexity index is 796. The van der Waals surface area contributed by atoms with Crippen molar-refractivity contribution in [2.45, 2.75) is 51.9 Å². The Balaban J connectivity index is 1.35. The number of carbonyl (C=O) groups excluding carboxylic acids is 1. The van der Waals surface area contributed by atoms with Crippen molar-refractivity contribution in [3.05, 3.63) is 40.9 Å². The highest BCUT2D eigenvalue weighted by atomic mass is 32.1. The monoisotopic (exact) mass is 398 g/mol. The lowest BCUT2D eigenvalue weighted by molar-refractivity contribution is -0.138. The summed E-state index contributed by atoms with van der Waals surface area (Å²) in [6.45, 7) is 8.13. The van der Waals surface area contributed by atoms with Crippen molar-refractivity contribution in [3.8, 4) is 0 Å². The van der Waals surface area contributed by atoms with Crippen LogP contribution in [0.25, 0.3) is 0 Å². The normalized spacial score (nSPS) is 19.6. The number of amides is 1. The van der Waals surface area contributed by atoms with Gasteiger partial charge >= 0.3 is 0 Å². The molecule has 6 heteroatoms. The van der Waals surface area contributed by atoms with E-state index in [9.17, 15) is 4.79 Å². The van der Waals surface area contributed by atoms with Crippen molar-refractivity contribution >= 4 is 22.4 Å². The molecule has 4 rings (SSSR count). The summed E-state index contributed by atoms with van der Waals surface area (Å²) in [6.07, 6.45) is 4.95. The Kier molecular flexibility index (Phi) is 5.67. The second-order valence-electron chi connectivity index (χ2n) is 8.62. The Hall–Kier alpha value is -1.95. The molecule has 0 radical (unpaired) electrons. The third-order valence-electron chi connectivity index (χ3n) is 6.28. The second kappa shape index (κ2) is 8.19. The number of anilines is 1. The van der Waals surface area contributed by atoms with Crippen LogP contribution in [0.2, 0.25) is 0 Å². The number of benzene rings is 1. The Morgan fingerprint density at radius 2 is 1.86 bits per heavy atom. The number of hydrogen-bond donors (Lipinski definition) is 0. The average Bonchev–Trinajstić information content (AvgIpc) is 3.21. The molecule has 150 valence electrons. The molecule has 0 saturated carbocycles. The van der Waals surface area contributed by atoms with Crippen LogP contribution in [0, 0.1) is 5.41 Å². The van der Waals surface area contributed by atoms with Gasteiger partial charge in [-0.05, 0) is 36.7 Å². The molecule has 5 nitrogen and oxygen atoms in total. The Morgan fingerprint density at radius 3 is 2.54 bits per heavy atom. The van der Waals surface area contributed by atoms with Gasteiger partial charge in [-0.1, -0.05) is 55.5 Å². The smallest absolute Gasteiger partial charge is 0.222 e. The van der Waals surface area contributed by atoms with E-state index in [2.05, 4.69) is 58.1 Å². The van der Waals surface area contributed by atoms with E-state index in [0.29, 0.717) is 18.2 Å². The molecule has 2 aliphatic rings. The van der Waals surface area contributed by atoms with Crippen LogP contribution in [0.4, 0.5) is 5.13 Å². The van der Waals surface area contributed by atoms with E-state index < -0.39 is 0 Å². The van der Waals surface area contributed by atoms with Gasteiger partial charge in [0, 0.05) is 38.5 Å². The van der Waals surface area contributed by atoms with Crippen molar-refractivity contribution in [3.63, 3.8) is 0 Å². The summed E-state index contributed by atoms with van der Waals surface area (Å²) in [5, 5.41) is 10.9. The van der Waals surface area contributed by atoms with Crippen molar-refractivity contribution in [1.82, 2.24) is 15.1 Å². The van der Waals surface area contributed by atoms with Gasteiger partial charge in [0.2, 0.25) is 11.0 Å². The predicted octanol–water partition coefficient (Wildman–Crippen LogP) is 4.11. The summed E-state index contributed by atoms with van der Waals surface area (Å²) in [6, 6.07) is 10.5. The fourth-order valence-corrected chi connectivity index (χ4v) is 5.28. The first kappa shape index (κ1) is 19.4. The maximum atomic E-state index is 12.5. The summed E-state index contributed by atoms with van der Waals surface area (Å²) in [5.74, 6) is 0.764. The molecule has 1 amide bonds. The fourth-order valence-electron chi connectivity index (χ4n) is 4.38. The zero-order chi connectivity index (χ0) is 19.6. The van der Waals surface area contributed by atoms with E-state index in [1.54, 1.807) is 11.3 Å². The summed E-state index contributed by atoms with van der Waals surface area (Å²) in [4.78, 5) is 17.0. The van der Waals surface area contributed by atoms with E-state index in [1.165, 1.54) is 5.56 Å². The highest BCUT2D eigenvalue weighted by Gasteiger charge is 2.41. The van der Waals surface area contributed by atoms with Gasteiger partial charge in [0.05, 0.1) is 0 Å². The van der Waals surface area contributed by atoms with Gasteiger partial charge < -0.3 is 9.80 Å². The SMILES string of the molecule is CC(C)c1nnc(N2CCC3(CCC(=O)N(CCc4ccccc4)C3)CC2)s1. The molecule has 28 heavy (non-hydrogen) atoms. The zero-order valence-corrected chi connectivity index (χ0v) is 17.7. The van der Waals surface area contributed by atoms with Gasteiger partial charge in [-0.3, -0.25) is 4.79 Å². The predicted molar refractivity (Wildman–Crippen MR) is 114 cm³/mol. The summed E-state index contributed by atoms with van der Waals surface area (Å²) < 4.78 is 0. The van der Waals surface area contributed by atoms with Crippen molar-refractivity contribution in [1.29, 1.82) is 0 Å². The second-order valence-corrected chi connectivity index (χ2v) is 9.60. The number of carbonyl (C=O) groups is 1. The number of nitrogens with zero attached hydrogens (tertiary/aromatic N) is 4. The maximum Gasteiger partial charge on any atom is 0.222 e. The number of piperidine rings is 2. The molecule has 1 spiro atoms. The molecule has 0 aliphatic carbocycles. The zero-order valence-electron chi connectivity index (χ0n) is 16.9. The lowest BCUT2D eigenvalue weighted by Gasteiger charge is -2.47. The lowest BCUT2D eigenvalue weighted by atomic mass is 9.72. The topological polar surface area (TPSA) is 49.3 Å². The van der Waals surface area contributed by atoms with Crippen LogP contribution < -0.4 is 4.90 Å². The minimum Gasteiger partial charge on any atom is -0.347 e. The first-order chi connectivity index (χ1) is 13.5. The largest absolute Gasteiger partial charge is 0.347 e. The van der Waals surface area contributed by atoms with Crippen LogP contribution in [-0.4, -0.2) is 47.2 Å². The number of aromatic nitrogens is 2. The van der Waals surface area contributed by atoms with Crippen molar-refractivity contribution in [2.24, 2.45) is 5.41 Å². The molecule has 1 aromatic carbocycles. The molecule has 0 N–H and O–H groups in total. The first-order valence-electron chi connectivity index (χ1n) is 10.4. The van der Waals surface area contributed by atoms with Crippen LogP contribution in [0.1, 0.15) is 56.0 Å². The van der Waals surface area contributed by atoms with E-state index in [4.69, 9.17) is 0 Å². The Labute approximate surface area is 171 Å². The molecule has 2 fully saturated rings. The number of rotatable bonds is 5. The highest BCUT2D eigenvalue weighted by Crippen LogP contribution is 2.41. The molecule has 0 unspecified atom stereocenters. The van der Waals surface area contributed by atoms with Gasteiger partial charge in [-0.2, -0.15) is 0 Å². The van der Waals surface area contributed by atoms with Gasteiger partial charge in [-0.25, -0.2) is 0 Å². The summed E-state index contributed by atoms with van der Waals surface area (Å²) in [7, 11) is 0. The van der Waals surface area contributed by atoms with Gasteiger partial charge in [-0.15, -0.1) is 10.2 Å². The molecule has 2 aliphatic heterocycles. The highest BCUT2D eigenvalue weighted by molar-refractivity contribution is 7.15. The molecule has 3 heterocycles. The molecule has 1 aromatic heterocycles. The quantitative estimate of drug-likeness (QED) is 0.760. The van der Waals surface area contributed by atoms with E-state index in [0.717, 1.165) is 62.0 Å².